The topological polar surface area (TPSA) is 74.3 Å². The maximum atomic E-state index is 11.8. The minimum Gasteiger partial charge on any atom is -0.748 e. The predicted molar refractivity (Wildman–Crippen MR) is 127 cm³/mol. The molecule has 2 aromatic carbocycles. The van der Waals surface area contributed by atoms with Crippen LogP contribution in [0, 0.1) is 36.7 Å². The van der Waals surface area contributed by atoms with Gasteiger partial charge in [-0.2, -0.15) is 0 Å². The second-order valence-corrected chi connectivity index (χ2v) is 14.9. The zero-order valence-electron chi connectivity index (χ0n) is 20.2. The molecule has 2 fully saturated rings. The Morgan fingerprint density at radius 2 is 1.58 bits per heavy atom. The van der Waals surface area contributed by atoms with Crippen molar-refractivity contribution in [2.45, 2.75) is 60.3 Å². The molecule has 2 unspecified atom stereocenters. The summed E-state index contributed by atoms with van der Waals surface area (Å²) < 4.78 is 35.7. The first-order chi connectivity index (χ1) is 15.3. The highest BCUT2D eigenvalue weighted by Crippen LogP contribution is 2.64. The molecule has 33 heavy (non-hydrogen) atoms. The van der Waals surface area contributed by atoms with Crippen LogP contribution in [0.3, 0.4) is 0 Å². The average Bonchev–Trinajstić information content (AvgIpc) is 3.04. The number of halogens is 1. The van der Waals surface area contributed by atoms with Crippen molar-refractivity contribution in [1.29, 1.82) is 0 Å². The van der Waals surface area contributed by atoms with Crippen LogP contribution in [-0.2, 0) is 21.3 Å². The lowest BCUT2D eigenvalue weighted by atomic mass is 9.70. The molecule has 0 spiro atoms. The van der Waals surface area contributed by atoms with Gasteiger partial charge < -0.3 is 4.55 Å². The minimum absolute atomic E-state index is 0.0179. The number of carbonyl (C=O) groups is 1. The van der Waals surface area contributed by atoms with Crippen LogP contribution in [0.4, 0.5) is 0 Å². The summed E-state index contributed by atoms with van der Waals surface area (Å²) in [5, 5.41) is 0. The maximum absolute atomic E-state index is 11.8. The van der Waals surface area contributed by atoms with E-state index in [-0.39, 0.29) is 38.3 Å². The fourth-order valence-corrected chi connectivity index (χ4v) is 8.73. The molecule has 6 heteroatoms. The fraction of sp³-hybridized carbons (Fsp3) is 0.519. The van der Waals surface area contributed by atoms with Gasteiger partial charge in [-0.1, -0.05) is 57.5 Å². The highest BCUT2D eigenvalue weighted by atomic mass is 127. The normalized spacial score (nSPS) is 23.5. The van der Waals surface area contributed by atoms with Crippen LogP contribution in [0.1, 0.15) is 58.1 Å². The van der Waals surface area contributed by atoms with Crippen molar-refractivity contribution in [1.82, 2.24) is 0 Å². The third kappa shape index (κ3) is 6.25. The SMILES string of the molecule is CC1(C)C2CCC1(CS(=O)(=O)[O-])C(=O)C2.Cc1ccc([I+]c2ccc(CC(C)C)cc2)cc1. The molecule has 0 heterocycles. The van der Waals surface area contributed by atoms with Gasteiger partial charge >= 0.3 is 21.2 Å². The summed E-state index contributed by atoms with van der Waals surface area (Å²) in [6.45, 7) is 10.5. The molecular formula is C27H35IO4S. The lowest BCUT2D eigenvalue weighted by molar-refractivity contribution is -0.597. The zero-order chi connectivity index (χ0) is 24.4. The Kier molecular flexibility index (Phi) is 8.12. The molecule has 0 N–H and O–H groups in total. The van der Waals surface area contributed by atoms with E-state index in [0.29, 0.717) is 12.8 Å². The zero-order valence-corrected chi connectivity index (χ0v) is 23.2. The summed E-state index contributed by atoms with van der Waals surface area (Å²) in [6, 6.07) is 18.2. The number of Topliss-reactive ketones (excluding diaryl/α,β-unsaturated/α-hetero) is 1. The van der Waals surface area contributed by atoms with Crippen molar-refractivity contribution < 1.29 is 39.0 Å². The van der Waals surface area contributed by atoms with Crippen LogP contribution >= 0.6 is 0 Å². The highest BCUT2D eigenvalue weighted by molar-refractivity contribution is 7.85. The molecule has 0 radical (unpaired) electrons. The number of fused-ring (bicyclic) bond motifs is 2. The molecule has 4 rings (SSSR count). The average molecular weight is 583 g/mol. The van der Waals surface area contributed by atoms with Crippen molar-refractivity contribution in [3.63, 3.8) is 0 Å². The van der Waals surface area contributed by atoms with Crippen molar-refractivity contribution in [2.24, 2.45) is 22.7 Å². The van der Waals surface area contributed by atoms with Gasteiger partial charge in [-0.25, -0.2) is 8.42 Å². The Balaban J connectivity index is 0.000000189. The third-order valence-electron chi connectivity index (χ3n) is 7.35. The Morgan fingerprint density at radius 1 is 1.03 bits per heavy atom. The van der Waals surface area contributed by atoms with Crippen LogP contribution in [0.2, 0.25) is 0 Å². The quantitative estimate of drug-likeness (QED) is 0.387. The van der Waals surface area contributed by atoms with Crippen molar-refractivity contribution in [3.05, 3.63) is 66.8 Å². The number of carbonyl (C=O) groups excluding carboxylic acids is 1. The van der Waals surface area contributed by atoms with E-state index in [1.807, 2.05) is 13.8 Å². The van der Waals surface area contributed by atoms with Gasteiger partial charge in [-0.15, -0.1) is 0 Å². The smallest absolute Gasteiger partial charge is 0.357 e. The number of hydrogen-bond donors (Lipinski definition) is 0. The monoisotopic (exact) mass is 582 g/mol. The summed E-state index contributed by atoms with van der Waals surface area (Å²) in [7, 11) is -4.33. The summed E-state index contributed by atoms with van der Waals surface area (Å²) >= 11 is -0.0179. The molecule has 2 bridgehead atoms. The third-order valence-corrected chi connectivity index (χ3v) is 10.9. The molecule has 2 atom stereocenters. The molecule has 2 aliphatic rings. The van der Waals surface area contributed by atoms with E-state index in [4.69, 9.17) is 0 Å². The van der Waals surface area contributed by atoms with E-state index in [1.165, 1.54) is 24.7 Å². The van der Waals surface area contributed by atoms with E-state index in [2.05, 4.69) is 69.3 Å². The molecule has 180 valence electrons. The van der Waals surface area contributed by atoms with Crippen LogP contribution in [0.15, 0.2) is 48.5 Å². The van der Waals surface area contributed by atoms with E-state index in [9.17, 15) is 17.8 Å². The first-order valence-corrected chi connectivity index (χ1v) is 15.3. The molecule has 0 amide bonds. The van der Waals surface area contributed by atoms with Crippen LogP contribution in [-0.4, -0.2) is 24.5 Å². The van der Waals surface area contributed by atoms with Gasteiger partial charge in [0, 0.05) is 11.8 Å². The van der Waals surface area contributed by atoms with Crippen molar-refractivity contribution in [3.8, 4) is 0 Å². The summed E-state index contributed by atoms with van der Waals surface area (Å²) in [6.07, 6.45) is 3.06. The summed E-state index contributed by atoms with van der Waals surface area (Å²) in [4.78, 5) is 11.8. The molecule has 4 nitrogen and oxygen atoms in total. The Hall–Kier alpha value is -1.25. The van der Waals surface area contributed by atoms with Gasteiger partial charge in [-0.3, -0.25) is 4.79 Å². The minimum atomic E-state index is -4.33. The van der Waals surface area contributed by atoms with Gasteiger partial charge in [0.25, 0.3) is 0 Å². The van der Waals surface area contributed by atoms with Crippen molar-refractivity contribution in [2.75, 3.05) is 5.75 Å². The summed E-state index contributed by atoms with van der Waals surface area (Å²) in [5.41, 5.74) is 1.58. The number of benzene rings is 2. The van der Waals surface area contributed by atoms with Gasteiger partial charge in [-0.05, 0) is 73.3 Å². The van der Waals surface area contributed by atoms with Gasteiger partial charge in [0.15, 0.2) is 7.14 Å². The van der Waals surface area contributed by atoms with E-state index < -0.39 is 21.3 Å². The highest BCUT2D eigenvalue weighted by Gasteiger charge is 2.64. The lowest BCUT2D eigenvalue weighted by Gasteiger charge is -2.37. The standard InChI is InChI=1S/C17H20I.C10H16O4S/c1-13(2)12-15-6-10-17(11-7-15)18-16-8-4-14(3)5-9-16;1-9(2)7-3-4-10(9,8(11)5-7)6-15(12,13)14/h4-11,13H,12H2,1-3H3;7H,3-6H2,1-2H3,(H,12,13,14)/q+1;/p-1. The molecule has 2 aromatic rings. The number of hydrogen-bond acceptors (Lipinski definition) is 4. The number of ketones is 1. The number of aryl methyl sites for hydroxylation is 1. The molecular weight excluding hydrogens is 547 g/mol. The van der Waals surface area contributed by atoms with Gasteiger partial charge in [0.1, 0.15) is 5.78 Å². The first kappa shape index (κ1) is 26.4. The second-order valence-electron chi connectivity index (χ2n) is 10.5. The maximum Gasteiger partial charge on any atom is 0.357 e. The van der Waals surface area contributed by atoms with E-state index in [1.54, 1.807) is 0 Å². The van der Waals surface area contributed by atoms with Crippen LogP contribution < -0.4 is 21.2 Å². The van der Waals surface area contributed by atoms with Crippen LogP contribution in [0.25, 0.3) is 0 Å². The molecule has 2 aliphatic carbocycles. The predicted octanol–water partition coefficient (Wildman–Crippen LogP) is 2.25. The lowest BCUT2D eigenvalue weighted by Crippen LogP contribution is -3.61. The van der Waals surface area contributed by atoms with E-state index >= 15 is 0 Å². The molecule has 2 saturated carbocycles. The molecule has 0 aromatic heterocycles. The number of rotatable bonds is 6. The Morgan fingerprint density at radius 3 is 2.00 bits per heavy atom. The Labute approximate surface area is 209 Å². The summed E-state index contributed by atoms with van der Waals surface area (Å²) in [5.74, 6) is 0.458. The van der Waals surface area contributed by atoms with E-state index in [0.717, 1.165) is 12.3 Å². The van der Waals surface area contributed by atoms with Crippen molar-refractivity contribution >= 4 is 15.9 Å². The fourth-order valence-electron chi connectivity index (χ4n) is 5.29. The largest absolute Gasteiger partial charge is 0.748 e. The Bertz CT molecular complexity index is 1070. The molecule has 0 saturated heterocycles. The first-order valence-electron chi connectivity index (χ1n) is 11.6. The van der Waals surface area contributed by atoms with Gasteiger partial charge in [0.2, 0.25) is 0 Å². The molecule has 0 aliphatic heterocycles. The second kappa shape index (κ2) is 10.2. The van der Waals surface area contributed by atoms with Crippen LogP contribution in [0.5, 0.6) is 0 Å². The van der Waals surface area contributed by atoms with Gasteiger partial charge in [0.05, 0.1) is 15.9 Å².